The van der Waals surface area contributed by atoms with E-state index in [1.807, 2.05) is 6.21 Å². The quantitative estimate of drug-likeness (QED) is 0.539. The molecule has 2 N–H and O–H groups in total. The first-order valence-electron chi connectivity index (χ1n) is 3.82. The highest BCUT2D eigenvalue weighted by atomic mass is 15.3. The summed E-state index contributed by atoms with van der Waals surface area (Å²) in [7, 11) is 0. The number of aliphatic imine (C=N–C) groups is 1. The summed E-state index contributed by atoms with van der Waals surface area (Å²) >= 11 is 0. The van der Waals surface area contributed by atoms with E-state index in [-0.39, 0.29) is 6.04 Å². The Morgan fingerprint density at radius 2 is 2.50 bits per heavy atom. The molecule has 60 valence electrons. The van der Waals surface area contributed by atoms with Crippen molar-refractivity contribution in [2.45, 2.75) is 6.04 Å². The number of rotatable bonds is 0. The van der Waals surface area contributed by atoms with Crippen molar-refractivity contribution in [1.82, 2.24) is 15.6 Å². The van der Waals surface area contributed by atoms with Gasteiger partial charge in [0.15, 0.2) is 0 Å². The van der Waals surface area contributed by atoms with Gasteiger partial charge in [0, 0.05) is 11.8 Å². The van der Waals surface area contributed by atoms with E-state index in [0.717, 1.165) is 23.5 Å². The summed E-state index contributed by atoms with van der Waals surface area (Å²) in [5, 5.41) is 11.0. The zero-order valence-electron chi connectivity index (χ0n) is 6.28. The molecule has 0 saturated carbocycles. The number of fused-ring (bicyclic) bond motifs is 3. The van der Waals surface area contributed by atoms with Gasteiger partial charge in [0.05, 0.1) is 24.1 Å². The average molecular weight is 161 g/mol. The normalized spacial score (nSPS) is 24.3. The number of hydrogen-bond donors (Lipinski definition) is 2. The van der Waals surface area contributed by atoms with Crippen molar-refractivity contribution in [3.63, 3.8) is 0 Å². The molecule has 0 spiro atoms. The summed E-state index contributed by atoms with van der Waals surface area (Å²) in [6, 6.07) is 0.190. The van der Waals surface area contributed by atoms with Crippen molar-refractivity contribution in [2.75, 3.05) is 6.54 Å². The minimum absolute atomic E-state index is 0.190. The molecule has 0 saturated heterocycles. The van der Waals surface area contributed by atoms with Gasteiger partial charge in [0.25, 0.3) is 0 Å². The predicted octanol–water partition coefficient (Wildman–Crippen LogP) is -0.482. The van der Waals surface area contributed by atoms with Crippen molar-refractivity contribution in [1.29, 1.82) is 0 Å². The molecule has 2 aliphatic heterocycles. The molecule has 12 heavy (non-hydrogen) atoms. The molecule has 3 rings (SSSR count). The Kier molecular flexibility index (Phi) is 0.957. The van der Waals surface area contributed by atoms with Crippen molar-refractivity contribution < 1.29 is 0 Å². The molecule has 0 aromatic carbocycles. The van der Waals surface area contributed by atoms with Crippen molar-refractivity contribution in [2.24, 2.45) is 10.1 Å². The zero-order valence-corrected chi connectivity index (χ0v) is 6.28. The first-order chi connectivity index (χ1) is 5.95. The molecule has 1 atom stereocenters. The van der Waals surface area contributed by atoms with Gasteiger partial charge in [0.1, 0.15) is 6.04 Å². The van der Waals surface area contributed by atoms with Crippen LogP contribution in [0.25, 0.3) is 0 Å². The van der Waals surface area contributed by atoms with Gasteiger partial charge in [-0.3, -0.25) is 10.1 Å². The van der Waals surface area contributed by atoms with Gasteiger partial charge in [-0.25, -0.2) is 0 Å². The van der Waals surface area contributed by atoms with Crippen LogP contribution in [0.2, 0.25) is 0 Å². The van der Waals surface area contributed by atoms with Gasteiger partial charge in [-0.15, -0.1) is 0 Å². The number of H-pyrrole nitrogens is 1. The number of hydrogen-bond acceptors (Lipinski definition) is 4. The van der Waals surface area contributed by atoms with Gasteiger partial charge >= 0.3 is 0 Å². The fourth-order valence-electron chi connectivity index (χ4n) is 1.51. The third-order valence-corrected chi connectivity index (χ3v) is 2.13. The predicted molar refractivity (Wildman–Crippen MR) is 44.5 cm³/mol. The van der Waals surface area contributed by atoms with Crippen LogP contribution in [0.15, 0.2) is 16.3 Å². The Balaban J connectivity index is 2.23. The molecule has 3 heterocycles. The standard InChI is InChI=1S/C7H7N5/c1-4-5(11-9-1)2-8-6-3-10-12-7(4)6/h1-2,6,10H,3H2,(H,9,11). The van der Waals surface area contributed by atoms with Crippen molar-refractivity contribution in [3.8, 4) is 0 Å². The third kappa shape index (κ3) is 0.603. The molecule has 1 unspecified atom stereocenters. The van der Waals surface area contributed by atoms with Gasteiger partial charge in [-0.05, 0) is 0 Å². The highest BCUT2D eigenvalue weighted by Crippen LogP contribution is 2.16. The number of nitrogens with one attached hydrogen (secondary N) is 2. The summed E-state index contributed by atoms with van der Waals surface area (Å²) in [6.45, 7) is 0.802. The molecule has 0 aliphatic carbocycles. The molecule has 2 aliphatic rings. The van der Waals surface area contributed by atoms with Crippen LogP contribution in [0.4, 0.5) is 0 Å². The van der Waals surface area contributed by atoms with Crippen LogP contribution >= 0.6 is 0 Å². The maximum absolute atomic E-state index is 4.32. The van der Waals surface area contributed by atoms with E-state index >= 15 is 0 Å². The minimum atomic E-state index is 0.190. The molecule has 0 bridgehead atoms. The largest absolute Gasteiger partial charge is 0.307 e. The van der Waals surface area contributed by atoms with Crippen LogP contribution in [0.1, 0.15) is 11.3 Å². The van der Waals surface area contributed by atoms with Crippen LogP contribution in [0.5, 0.6) is 0 Å². The Morgan fingerprint density at radius 3 is 3.50 bits per heavy atom. The second-order valence-electron chi connectivity index (χ2n) is 2.85. The number of nitrogens with zero attached hydrogens (tertiary/aromatic N) is 3. The van der Waals surface area contributed by atoms with E-state index in [2.05, 4.69) is 25.7 Å². The lowest BCUT2D eigenvalue weighted by Crippen LogP contribution is -2.24. The SMILES string of the molecule is C1=NC2CNN=C2c2cn[nH]c21. The van der Waals surface area contributed by atoms with Crippen LogP contribution in [-0.2, 0) is 0 Å². The van der Waals surface area contributed by atoms with E-state index in [0.29, 0.717) is 0 Å². The smallest absolute Gasteiger partial charge is 0.113 e. The van der Waals surface area contributed by atoms with Crippen LogP contribution < -0.4 is 5.43 Å². The summed E-state index contributed by atoms with van der Waals surface area (Å²) in [4.78, 5) is 4.32. The van der Waals surface area contributed by atoms with E-state index in [9.17, 15) is 0 Å². The zero-order chi connectivity index (χ0) is 7.97. The lowest BCUT2D eigenvalue weighted by Gasteiger charge is -2.09. The Morgan fingerprint density at radius 1 is 1.50 bits per heavy atom. The first-order valence-corrected chi connectivity index (χ1v) is 3.82. The highest BCUT2D eigenvalue weighted by molar-refractivity contribution is 6.12. The first kappa shape index (κ1) is 5.93. The number of hydrazone groups is 1. The summed E-state index contributed by atoms with van der Waals surface area (Å²) in [5.41, 5.74) is 5.95. The van der Waals surface area contributed by atoms with Gasteiger partial charge in [0.2, 0.25) is 0 Å². The third-order valence-electron chi connectivity index (χ3n) is 2.13. The van der Waals surface area contributed by atoms with E-state index in [4.69, 9.17) is 0 Å². The second kappa shape index (κ2) is 1.94. The Labute approximate surface area is 68.6 Å². The highest BCUT2D eigenvalue weighted by Gasteiger charge is 2.27. The van der Waals surface area contributed by atoms with Gasteiger partial charge < -0.3 is 5.43 Å². The summed E-state index contributed by atoms with van der Waals surface area (Å²) in [6.07, 6.45) is 3.61. The van der Waals surface area contributed by atoms with E-state index in [1.165, 1.54) is 0 Å². The van der Waals surface area contributed by atoms with Crippen LogP contribution in [-0.4, -0.2) is 34.7 Å². The maximum atomic E-state index is 4.32. The van der Waals surface area contributed by atoms with Gasteiger partial charge in [-0.1, -0.05) is 0 Å². The molecule has 1 aromatic rings. The Bertz CT molecular complexity index is 375. The summed E-state index contributed by atoms with van der Waals surface area (Å²) in [5.74, 6) is 0. The lowest BCUT2D eigenvalue weighted by molar-refractivity contribution is 0.755. The second-order valence-corrected chi connectivity index (χ2v) is 2.85. The van der Waals surface area contributed by atoms with Gasteiger partial charge in [-0.2, -0.15) is 10.2 Å². The number of aromatic nitrogens is 2. The molecule has 0 fully saturated rings. The fourth-order valence-corrected chi connectivity index (χ4v) is 1.51. The van der Waals surface area contributed by atoms with E-state index < -0.39 is 0 Å². The van der Waals surface area contributed by atoms with Crippen LogP contribution in [0, 0.1) is 0 Å². The van der Waals surface area contributed by atoms with E-state index in [1.54, 1.807) is 6.20 Å². The summed E-state index contributed by atoms with van der Waals surface area (Å²) < 4.78 is 0. The van der Waals surface area contributed by atoms with Crippen molar-refractivity contribution >= 4 is 11.9 Å². The molecular formula is C7H7N5. The molecular weight excluding hydrogens is 154 g/mol. The van der Waals surface area contributed by atoms with Crippen LogP contribution in [0.3, 0.4) is 0 Å². The number of aromatic amines is 1. The molecule has 5 nitrogen and oxygen atoms in total. The molecule has 5 heteroatoms. The Hall–Kier alpha value is -1.65. The molecule has 0 radical (unpaired) electrons. The monoisotopic (exact) mass is 161 g/mol. The molecule has 0 amide bonds. The molecule has 1 aromatic heterocycles. The topological polar surface area (TPSA) is 65.4 Å². The van der Waals surface area contributed by atoms with Crippen molar-refractivity contribution in [3.05, 3.63) is 17.5 Å². The lowest BCUT2D eigenvalue weighted by atomic mass is 10.0. The maximum Gasteiger partial charge on any atom is 0.113 e. The average Bonchev–Trinajstić information content (AvgIpc) is 2.71. The minimum Gasteiger partial charge on any atom is -0.307 e. The fraction of sp³-hybridized carbons (Fsp3) is 0.286.